The number of nitrogens with zero attached hydrogens (tertiary/aromatic N) is 1. The van der Waals surface area contributed by atoms with Crippen LogP contribution in [0.3, 0.4) is 0 Å². The quantitative estimate of drug-likeness (QED) is 0.764. The lowest BCUT2D eigenvalue weighted by Crippen LogP contribution is -2.03. The molecule has 102 valence electrons. The first-order chi connectivity index (χ1) is 9.81. The molecule has 1 heterocycles. The predicted octanol–water partition coefficient (Wildman–Crippen LogP) is 2.74. The van der Waals surface area contributed by atoms with Gasteiger partial charge in [-0.2, -0.15) is 0 Å². The molecule has 3 aromatic rings. The fourth-order valence-electron chi connectivity index (χ4n) is 2.37. The van der Waals surface area contributed by atoms with Crippen LogP contribution in [0.4, 0.5) is 0 Å². The Morgan fingerprint density at radius 3 is 2.85 bits per heavy atom. The summed E-state index contributed by atoms with van der Waals surface area (Å²) in [5.74, 6) is 1.80. The van der Waals surface area contributed by atoms with Crippen molar-refractivity contribution in [3.63, 3.8) is 0 Å². The maximum Gasteiger partial charge on any atom is 0.126 e. The van der Waals surface area contributed by atoms with Crippen molar-refractivity contribution in [2.75, 3.05) is 13.7 Å². The van der Waals surface area contributed by atoms with Crippen LogP contribution in [0.5, 0.6) is 5.75 Å². The Morgan fingerprint density at radius 1 is 1.20 bits per heavy atom. The Balaban J connectivity index is 2.08. The Kier molecular flexibility index (Phi) is 3.39. The summed E-state index contributed by atoms with van der Waals surface area (Å²) in [6.45, 7) is 0.596. The summed E-state index contributed by atoms with van der Waals surface area (Å²) < 4.78 is 5.41. The zero-order valence-electron chi connectivity index (χ0n) is 11.4. The molecule has 3 N–H and O–H groups in total. The van der Waals surface area contributed by atoms with E-state index in [4.69, 9.17) is 10.5 Å². The SMILES string of the molecule is COc1ccccc1-c1ccc2nc(CCN)[nH]c2c1. The lowest BCUT2D eigenvalue weighted by molar-refractivity contribution is 0.416. The van der Waals surface area contributed by atoms with Gasteiger partial charge in [-0.15, -0.1) is 0 Å². The molecule has 0 bridgehead atoms. The highest BCUT2D eigenvalue weighted by Gasteiger charge is 2.08. The molecule has 0 spiro atoms. The maximum atomic E-state index is 5.56. The van der Waals surface area contributed by atoms with Gasteiger partial charge in [-0.25, -0.2) is 4.98 Å². The van der Waals surface area contributed by atoms with Crippen LogP contribution >= 0.6 is 0 Å². The van der Waals surface area contributed by atoms with Crippen LogP contribution in [0.1, 0.15) is 5.82 Å². The van der Waals surface area contributed by atoms with Crippen molar-refractivity contribution < 1.29 is 4.74 Å². The van der Waals surface area contributed by atoms with E-state index in [1.165, 1.54) is 0 Å². The molecule has 0 aliphatic rings. The highest BCUT2D eigenvalue weighted by atomic mass is 16.5. The van der Waals surface area contributed by atoms with E-state index >= 15 is 0 Å². The largest absolute Gasteiger partial charge is 0.496 e. The van der Waals surface area contributed by atoms with Crippen molar-refractivity contribution in [1.29, 1.82) is 0 Å². The van der Waals surface area contributed by atoms with Crippen molar-refractivity contribution in [2.45, 2.75) is 6.42 Å². The molecular weight excluding hydrogens is 250 g/mol. The molecule has 0 aliphatic carbocycles. The normalized spacial score (nSPS) is 10.9. The minimum absolute atomic E-state index is 0.596. The lowest BCUT2D eigenvalue weighted by Gasteiger charge is -2.07. The van der Waals surface area contributed by atoms with Gasteiger partial charge in [-0.1, -0.05) is 24.3 Å². The number of benzene rings is 2. The number of aromatic nitrogens is 2. The Morgan fingerprint density at radius 2 is 2.05 bits per heavy atom. The van der Waals surface area contributed by atoms with Gasteiger partial charge in [0.2, 0.25) is 0 Å². The van der Waals surface area contributed by atoms with E-state index in [9.17, 15) is 0 Å². The topological polar surface area (TPSA) is 63.9 Å². The van der Waals surface area contributed by atoms with Crippen LogP contribution in [0.25, 0.3) is 22.2 Å². The highest BCUT2D eigenvalue weighted by Crippen LogP contribution is 2.31. The third kappa shape index (κ3) is 2.26. The molecule has 20 heavy (non-hydrogen) atoms. The monoisotopic (exact) mass is 267 g/mol. The number of aromatic amines is 1. The van der Waals surface area contributed by atoms with Crippen LogP contribution in [0.2, 0.25) is 0 Å². The predicted molar refractivity (Wildman–Crippen MR) is 80.8 cm³/mol. The van der Waals surface area contributed by atoms with Gasteiger partial charge in [0.15, 0.2) is 0 Å². The number of methoxy groups -OCH3 is 1. The van der Waals surface area contributed by atoms with E-state index in [1.807, 2.05) is 24.3 Å². The van der Waals surface area contributed by atoms with Gasteiger partial charge < -0.3 is 15.5 Å². The number of fused-ring (bicyclic) bond motifs is 1. The third-order valence-electron chi connectivity index (χ3n) is 3.33. The van der Waals surface area contributed by atoms with Crippen molar-refractivity contribution in [2.24, 2.45) is 5.73 Å². The van der Waals surface area contributed by atoms with E-state index in [2.05, 4.69) is 28.2 Å². The van der Waals surface area contributed by atoms with Gasteiger partial charge in [0.25, 0.3) is 0 Å². The molecule has 0 amide bonds. The molecule has 1 aromatic heterocycles. The van der Waals surface area contributed by atoms with Gasteiger partial charge in [0, 0.05) is 12.0 Å². The summed E-state index contributed by atoms with van der Waals surface area (Å²) in [4.78, 5) is 7.83. The van der Waals surface area contributed by atoms with Crippen molar-refractivity contribution in [3.05, 3.63) is 48.3 Å². The molecule has 0 aliphatic heterocycles. The molecule has 2 aromatic carbocycles. The average molecular weight is 267 g/mol. The van der Waals surface area contributed by atoms with Gasteiger partial charge in [0.05, 0.1) is 18.1 Å². The summed E-state index contributed by atoms with van der Waals surface area (Å²) >= 11 is 0. The zero-order valence-corrected chi connectivity index (χ0v) is 11.4. The van der Waals surface area contributed by atoms with E-state index in [0.717, 1.165) is 40.2 Å². The zero-order chi connectivity index (χ0) is 13.9. The third-order valence-corrected chi connectivity index (χ3v) is 3.33. The molecule has 0 fully saturated rings. The van der Waals surface area contributed by atoms with Crippen molar-refractivity contribution in [3.8, 4) is 16.9 Å². The number of para-hydroxylation sites is 1. The van der Waals surface area contributed by atoms with Crippen LogP contribution < -0.4 is 10.5 Å². The van der Waals surface area contributed by atoms with E-state index in [0.29, 0.717) is 6.54 Å². The van der Waals surface area contributed by atoms with Crippen molar-refractivity contribution >= 4 is 11.0 Å². The average Bonchev–Trinajstić information content (AvgIpc) is 2.89. The Hall–Kier alpha value is -2.33. The second kappa shape index (κ2) is 5.35. The Bertz CT molecular complexity index is 733. The van der Waals surface area contributed by atoms with Crippen LogP contribution in [0, 0.1) is 0 Å². The molecule has 0 radical (unpaired) electrons. The number of hydrogen-bond donors (Lipinski definition) is 2. The number of hydrogen-bond acceptors (Lipinski definition) is 3. The second-order valence-corrected chi connectivity index (χ2v) is 4.65. The smallest absolute Gasteiger partial charge is 0.126 e. The van der Waals surface area contributed by atoms with Gasteiger partial charge in [0.1, 0.15) is 11.6 Å². The van der Waals surface area contributed by atoms with Crippen LogP contribution in [-0.4, -0.2) is 23.6 Å². The maximum absolute atomic E-state index is 5.56. The van der Waals surface area contributed by atoms with E-state index in [-0.39, 0.29) is 0 Å². The van der Waals surface area contributed by atoms with Crippen LogP contribution in [-0.2, 0) is 6.42 Å². The summed E-state index contributed by atoms with van der Waals surface area (Å²) in [7, 11) is 1.69. The number of ether oxygens (including phenoxy) is 1. The molecule has 0 saturated carbocycles. The van der Waals surface area contributed by atoms with Gasteiger partial charge in [-0.05, 0) is 30.3 Å². The Labute approximate surface area is 117 Å². The molecule has 3 rings (SSSR count). The summed E-state index contributed by atoms with van der Waals surface area (Å²) in [5, 5.41) is 0. The van der Waals surface area contributed by atoms with Gasteiger partial charge >= 0.3 is 0 Å². The first-order valence-electron chi connectivity index (χ1n) is 6.64. The highest BCUT2D eigenvalue weighted by molar-refractivity contribution is 5.83. The molecule has 0 saturated heterocycles. The number of nitrogens with two attached hydrogens (primary N) is 1. The van der Waals surface area contributed by atoms with Crippen molar-refractivity contribution in [1.82, 2.24) is 9.97 Å². The summed E-state index contributed by atoms with van der Waals surface area (Å²) in [6.07, 6.45) is 0.763. The number of H-pyrrole nitrogens is 1. The fraction of sp³-hybridized carbons (Fsp3) is 0.188. The first-order valence-corrected chi connectivity index (χ1v) is 6.64. The molecule has 0 unspecified atom stereocenters. The summed E-state index contributed by atoms with van der Waals surface area (Å²) in [6, 6.07) is 14.2. The standard InChI is InChI=1S/C16H17N3O/c1-20-15-5-3-2-4-12(15)11-6-7-13-14(10-11)19-16(18-13)8-9-17/h2-7,10H,8-9,17H2,1H3,(H,18,19). The first kappa shape index (κ1) is 12.7. The summed E-state index contributed by atoms with van der Waals surface area (Å²) in [5.41, 5.74) is 9.74. The van der Waals surface area contributed by atoms with Gasteiger partial charge in [-0.3, -0.25) is 0 Å². The number of rotatable bonds is 4. The molecular formula is C16H17N3O. The number of imidazole rings is 1. The lowest BCUT2D eigenvalue weighted by atomic mass is 10.0. The minimum Gasteiger partial charge on any atom is -0.496 e. The molecule has 4 nitrogen and oxygen atoms in total. The second-order valence-electron chi connectivity index (χ2n) is 4.65. The molecule has 4 heteroatoms. The van der Waals surface area contributed by atoms with E-state index < -0.39 is 0 Å². The number of nitrogens with one attached hydrogen (secondary N) is 1. The minimum atomic E-state index is 0.596. The molecule has 0 atom stereocenters. The van der Waals surface area contributed by atoms with E-state index in [1.54, 1.807) is 7.11 Å². The van der Waals surface area contributed by atoms with Crippen LogP contribution in [0.15, 0.2) is 42.5 Å². The fourth-order valence-corrected chi connectivity index (χ4v) is 2.37.